The number of methoxy groups -OCH3 is 1. The smallest absolute Gasteiger partial charge is 0.408 e. The van der Waals surface area contributed by atoms with E-state index in [2.05, 4.69) is 26.0 Å². The standard InChI is InChI=1S/C29H46N4O7/c1-17(2)15-21(32-28(38)40-29(6,7)8)25(35)33-23(18(3)4)26(36)31-22(16-20-13-11-10-12-14-20)24(34)30-19(5)27(37)39-9/h10-14,17-19,21-23H,15-16H2,1-9H3,(H,30,34)(H,31,36)(H,32,38)(H,33,35)/t19-,21-,22-,23-/m0/s1. The van der Waals surface area contributed by atoms with Crippen molar-refractivity contribution in [3.05, 3.63) is 35.9 Å². The van der Waals surface area contributed by atoms with Gasteiger partial charge in [0.2, 0.25) is 17.7 Å². The Balaban J connectivity index is 3.12. The predicted octanol–water partition coefficient (Wildman–Crippen LogP) is 2.47. The molecule has 0 spiro atoms. The maximum absolute atomic E-state index is 13.4. The summed E-state index contributed by atoms with van der Waals surface area (Å²) in [5, 5.41) is 10.6. The maximum atomic E-state index is 13.4. The van der Waals surface area contributed by atoms with Crippen LogP contribution in [0.25, 0.3) is 0 Å². The first-order valence-electron chi connectivity index (χ1n) is 13.6. The third kappa shape index (κ3) is 12.5. The third-order valence-corrected chi connectivity index (χ3v) is 5.79. The number of rotatable bonds is 13. The monoisotopic (exact) mass is 562 g/mol. The molecule has 0 aliphatic rings. The summed E-state index contributed by atoms with van der Waals surface area (Å²) in [5.41, 5.74) is 0.0422. The Hall–Kier alpha value is -3.63. The van der Waals surface area contributed by atoms with E-state index in [1.165, 1.54) is 14.0 Å². The van der Waals surface area contributed by atoms with Gasteiger partial charge < -0.3 is 30.7 Å². The highest BCUT2D eigenvalue weighted by Gasteiger charge is 2.33. The van der Waals surface area contributed by atoms with Gasteiger partial charge >= 0.3 is 12.1 Å². The molecule has 224 valence electrons. The molecule has 0 saturated carbocycles. The normalized spacial score (nSPS) is 14.4. The Morgan fingerprint density at radius 2 is 1.35 bits per heavy atom. The average molecular weight is 563 g/mol. The molecule has 0 unspecified atom stereocenters. The number of carbonyl (C=O) groups excluding carboxylic acids is 5. The molecule has 0 saturated heterocycles. The molecule has 0 radical (unpaired) electrons. The van der Waals surface area contributed by atoms with E-state index >= 15 is 0 Å². The van der Waals surface area contributed by atoms with Crippen LogP contribution in [0.2, 0.25) is 0 Å². The van der Waals surface area contributed by atoms with Crippen LogP contribution in [0.1, 0.15) is 67.4 Å². The average Bonchev–Trinajstić information content (AvgIpc) is 2.84. The van der Waals surface area contributed by atoms with Gasteiger partial charge in [0, 0.05) is 6.42 Å². The molecular formula is C29H46N4O7. The van der Waals surface area contributed by atoms with Crippen LogP contribution in [0.3, 0.4) is 0 Å². The van der Waals surface area contributed by atoms with E-state index in [1.54, 1.807) is 34.6 Å². The van der Waals surface area contributed by atoms with E-state index in [9.17, 15) is 24.0 Å². The van der Waals surface area contributed by atoms with Gasteiger partial charge in [0.15, 0.2) is 0 Å². The van der Waals surface area contributed by atoms with Crippen LogP contribution in [0.4, 0.5) is 4.79 Å². The fourth-order valence-electron chi connectivity index (χ4n) is 3.81. The summed E-state index contributed by atoms with van der Waals surface area (Å²) in [6.45, 7) is 14.0. The third-order valence-electron chi connectivity index (χ3n) is 5.79. The number of nitrogens with one attached hydrogen (secondary N) is 4. The van der Waals surface area contributed by atoms with Crippen molar-refractivity contribution in [3.63, 3.8) is 0 Å². The molecule has 0 heterocycles. The number of hydrogen-bond donors (Lipinski definition) is 4. The summed E-state index contributed by atoms with van der Waals surface area (Å²) in [4.78, 5) is 64.1. The quantitative estimate of drug-likeness (QED) is 0.270. The number of carbonyl (C=O) groups is 5. The second kappa shape index (κ2) is 15.8. The topological polar surface area (TPSA) is 152 Å². The second-order valence-electron chi connectivity index (χ2n) is 11.6. The van der Waals surface area contributed by atoms with Gasteiger partial charge in [-0.15, -0.1) is 0 Å². The number of esters is 1. The van der Waals surface area contributed by atoms with Gasteiger partial charge in [0.05, 0.1) is 7.11 Å². The summed E-state index contributed by atoms with van der Waals surface area (Å²) in [7, 11) is 1.22. The summed E-state index contributed by atoms with van der Waals surface area (Å²) in [6, 6.07) is 5.18. The van der Waals surface area contributed by atoms with Gasteiger partial charge in [-0.1, -0.05) is 58.0 Å². The van der Waals surface area contributed by atoms with Crippen LogP contribution in [0.5, 0.6) is 0 Å². The van der Waals surface area contributed by atoms with Crippen LogP contribution >= 0.6 is 0 Å². The zero-order valence-electron chi connectivity index (χ0n) is 25.1. The zero-order valence-corrected chi connectivity index (χ0v) is 25.1. The van der Waals surface area contributed by atoms with Gasteiger partial charge in [-0.2, -0.15) is 0 Å². The molecule has 4 amide bonds. The number of hydrogen-bond acceptors (Lipinski definition) is 7. The van der Waals surface area contributed by atoms with Gasteiger partial charge in [0.1, 0.15) is 29.8 Å². The number of alkyl carbamates (subject to hydrolysis) is 1. The molecule has 1 rings (SSSR count). The summed E-state index contributed by atoms with van der Waals surface area (Å²) < 4.78 is 9.99. The van der Waals surface area contributed by atoms with E-state index in [0.717, 1.165) is 5.56 Å². The fraction of sp³-hybridized carbons (Fsp3) is 0.621. The van der Waals surface area contributed by atoms with Crippen LogP contribution < -0.4 is 21.3 Å². The molecule has 0 aliphatic carbocycles. The molecule has 0 aliphatic heterocycles. The van der Waals surface area contributed by atoms with Crippen LogP contribution in [0, 0.1) is 11.8 Å². The molecule has 4 atom stereocenters. The SMILES string of the molecule is COC(=O)[C@H](C)NC(=O)[C@H](Cc1ccccc1)NC(=O)[C@@H](NC(=O)[C@H](CC(C)C)NC(=O)OC(C)(C)C)C(C)C. The van der Waals surface area contributed by atoms with E-state index in [0.29, 0.717) is 6.42 Å². The Morgan fingerprint density at radius 3 is 1.85 bits per heavy atom. The van der Waals surface area contributed by atoms with Crippen LogP contribution in [0.15, 0.2) is 30.3 Å². The second-order valence-corrected chi connectivity index (χ2v) is 11.6. The van der Waals surface area contributed by atoms with Crippen molar-refractivity contribution in [2.75, 3.05) is 7.11 Å². The van der Waals surface area contributed by atoms with Gasteiger partial charge in [-0.05, 0) is 51.5 Å². The largest absolute Gasteiger partial charge is 0.467 e. The summed E-state index contributed by atoms with van der Waals surface area (Å²) >= 11 is 0. The molecule has 4 N–H and O–H groups in total. The molecule has 0 bridgehead atoms. The summed E-state index contributed by atoms with van der Waals surface area (Å²) in [6.07, 6.45) is -0.262. The van der Waals surface area contributed by atoms with E-state index < -0.39 is 59.6 Å². The van der Waals surface area contributed by atoms with Crippen molar-refractivity contribution < 1.29 is 33.4 Å². The van der Waals surface area contributed by atoms with Crippen molar-refractivity contribution in [1.82, 2.24) is 21.3 Å². The van der Waals surface area contributed by atoms with Crippen molar-refractivity contribution in [2.24, 2.45) is 11.8 Å². The molecule has 1 aromatic carbocycles. The predicted molar refractivity (Wildman–Crippen MR) is 151 cm³/mol. The first kappa shape index (κ1) is 34.4. The van der Waals surface area contributed by atoms with Crippen molar-refractivity contribution in [2.45, 2.75) is 98.0 Å². The van der Waals surface area contributed by atoms with Gasteiger partial charge in [0.25, 0.3) is 0 Å². The highest BCUT2D eigenvalue weighted by Crippen LogP contribution is 2.12. The van der Waals surface area contributed by atoms with E-state index in [-0.39, 0.29) is 18.3 Å². The maximum Gasteiger partial charge on any atom is 0.408 e. The Bertz CT molecular complexity index is 1010. The lowest BCUT2D eigenvalue weighted by Gasteiger charge is -2.28. The molecule has 0 fully saturated rings. The van der Waals surface area contributed by atoms with Crippen molar-refractivity contribution in [1.29, 1.82) is 0 Å². The Kier molecular flexibility index (Phi) is 13.6. The highest BCUT2D eigenvalue weighted by atomic mass is 16.6. The zero-order chi connectivity index (χ0) is 30.6. The lowest BCUT2D eigenvalue weighted by molar-refractivity contribution is -0.144. The lowest BCUT2D eigenvalue weighted by Crippen LogP contribution is -2.59. The van der Waals surface area contributed by atoms with Crippen molar-refractivity contribution in [3.8, 4) is 0 Å². The lowest BCUT2D eigenvalue weighted by atomic mass is 9.99. The molecule has 11 nitrogen and oxygen atoms in total. The molecule has 0 aromatic heterocycles. The molecule has 40 heavy (non-hydrogen) atoms. The highest BCUT2D eigenvalue weighted by molar-refractivity contribution is 5.95. The molecular weight excluding hydrogens is 516 g/mol. The van der Waals surface area contributed by atoms with Crippen LogP contribution in [-0.2, 0) is 35.1 Å². The van der Waals surface area contributed by atoms with E-state index in [4.69, 9.17) is 4.74 Å². The minimum atomic E-state index is -1.04. The minimum Gasteiger partial charge on any atom is -0.467 e. The minimum absolute atomic E-state index is 0.0627. The Morgan fingerprint density at radius 1 is 0.775 bits per heavy atom. The first-order chi connectivity index (χ1) is 18.5. The van der Waals surface area contributed by atoms with Gasteiger partial charge in [-0.3, -0.25) is 14.4 Å². The van der Waals surface area contributed by atoms with E-state index in [1.807, 2.05) is 44.2 Å². The molecule has 11 heteroatoms. The fourth-order valence-corrected chi connectivity index (χ4v) is 3.81. The molecule has 1 aromatic rings. The van der Waals surface area contributed by atoms with Crippen LogP contribution in [-0.4, -0.2) is 66.7 Å². The summed E-state index contributed by atoms with van der Waals surface area (Å²) in [5.74, 6) is -2.61. The van der Waals surface area contributed by atoms with Crippen molar-refractivity contribution >= 4 is 29.8 Å². The first-order valence-corrected chi connectivity index (χ1v) is 13.6. The van der Waals surface area contributed by atoms with Gasteiger partial charge in [-0.25, -0.2) is 9.59 Å². The Labute approximate surface area is 237 Å². The number of ether oxygens (including phenoxy) is 2. The number of amides is 4. The number of benzene rings is 1.